The van der Waals surface area contributed by atoms with E-state index in [1.54, 1.807) is 28.4 Å². The highest BCUT2D eigenvalue weighted by Crippen LogP contribution is 2.54. The number of carboxylic acid groups (broad SMARTS) is 1. The maximum absolute atomic E-state index is 13.4. The molecule has 12 heteroatoms. The topological polar surface area (TPSA) is 107 Å². The molecular weight excluding hydrogens is 699 g/mol. The lowest BCUT2D eigenvalue weighted by Crippen LogP contribution is -2.14. The summed E-state index contributed by atoms with van der Waals surface area (Å²) in [7, 11) is 7.85. The monoisotopic (exact) mass is 731 g/mol. The Hall–Kier alpha value is -4.36. The summed E-state index contributed by atoms with van der Waals surface area (Å²) in [5, 5.41) is 22.4. The number of carbonyl (C=O) groups is 1. The van der Waals surface area contributed by atoms with Gasteiger partial charge >= 0.3 is 5.97 Å². The number of aliphatic hydroxyl groups excluding tert-OH is 1. The maximum Gasteiger partial charge on any atom is 0.337 e. The standard InChI is InChI=1S/C37H33NO7S4/c1-38-36(39)30-31(37(40)41)33(47-27-16-8-23(43-3)9-17-27)35(49-29-20-12-25(45-5)13-21-29)34(48-28-18-10-24(44-4)11-19-28)32(30)46-26-14-6-22(42-2)7-15-26/h6-21H,1-5H3,(H,38,39)(H,40,41). The molecule has 0 fully saturated rings. The van der Waals surface area contributed by atoms with Gasteiger partial charge in [0.15, 0.2) is 0 Å². The van der Waals surface area contributed by atoms with Crippen molar-refractivity contribution in [1.82, 2.24) is 0 Å². The predicted octanol–water partition coefficient (Wildman–Crippen LogP) is 9.96. The molecule has 0 spiro atoms. The number of hydrogen-bond acceptors (Lipinski definition) is 10. The average molecular weight is 732 g/mol. The lowest BCUT2D eigenvalue weighted by atomic mass is 10.1. The van der Waals surface area contributed by atoms with Gasteiger partial charge in [-0.25, -0.2) is 4.79 Å². The molecule has 0 saturated heterocycles. The molecule has 5 aromatic rings. The third-order valence-electron chi connectivity index (χ3n) is 7.09. The molecule has 0 bridgehead atoms. The summed E-state index contributed by atoms with van der Waals surface area (Å²) < 4.78 is 21.6. The first kappa shape index (κ1) is 35.9. The molecule has 252 valence electrons. The minimum absolute atomic E-state index is 0.0602. The molecule has 0 heterocycles. The fourth-order valence-corrected chi connectivity index (χ4v) is 9.28. The van der Waals surface area contributed by atoms with E-state index in [0.29, 0.717) is 37.7 Å². The number of carboxylic acids is 1. The van der Waals surface area contributed by atoms with Crippen LogP contribution in [0.3, 0.4) is 0 Å². The van der Waals surface area contributed by atoms with Crippen LogP contribution in [0.1, 0.15) is 15.9 Å². The van der Waals surface area contributed by atoms with Gasteiger partial charge in [-0.15, -0.1) is 0 Å². The van der Waals surface area contributed by atoms with Crippen molar-refractivity contribution < 1.29 is 34.0 Å². The van der Waals surface area contributed by atoms with Gasteiger partial charge in [0, 0.05) is 46.2 Å². The van der Waals surface area contributed by atoms with Gasteiger partial charge in [-0.05, 0) is 97.1 Å². The smallest absolute Gasteiger partial charge is 0.337 e. The highest BCUT2D eigenvalue weighted by molar-refractivity contribution is 8.05. The largest absolute Gasteiger partial charge is 0.497 e. The third-order valence-corrected chi connectivity index (χ3v) is 12.0. The van der Waals surface area contributed by atoms with Gasteiger partial charge in [0.1, 0.15) is 23.0 Å². The molecular formula is C37H33NO7S4. The zero-order chi connectivity index (χ0) is 34.9. The van der Waals surface area contributed by atoms with Crippen LogP contribution in [0.2, 0.25) is 0 Å². The van der Waals surface area contributed by atoms with Crippen LogP contribution in [0.15, 0.2) is 141 Å². The molecule has 0 aromatic heterocycles. The number of rotatable bonds is 14. The second-order valence-electron chi connectivity index (χ2n) is 10.0. The van der Waals surface area contributed by atoms with Gasteiger partial charge in [0.2, 0.25) is 5.90 Å². The van der Waals surface area contributed by atoms with Crippen molar-refractivity contribution in [2.24, 2.45) is 4.99 Å². The van der Waals surface area contributed by atoms with E-state index in [2.05, 4.69) is 4.99 Å². The second kappa shape index (κ2) is 16.8. The van der Waals surface area contributed by atoms with Crippen molar-refractivity contribution in [3.8, 4) is 23.0 Å². The van der Waals surface area contributed by atoms with Crippen LogP contribution in [-0.4, -0.2) is 57.6 Å². The number of benzene rings is 5. The zero-order valence-electron chi connectivity index (χ0n) is 27.3. The highest BCUT2D eigenvalue weighted by Gasteiger charge is 2.32. The fraction of sp³-hybridized carbons (Fsp3) is 0.135. The van der Waals surface area contributed by atoms with Crippen LogP contribution in [-0.2, 0) is 0 Å². The van der Waals surface area contributed by atoms with Crippen LogP contribution < -0.4 is 18.9 Å². The van der Waals surface area contributed by atoms with E-state index in [-0.39, 0.29) is 17.0 Å². The highest BCUT2D eigenvalue weighted by atomic mass is 32.2. The molecule has 0 aliphatic rings. The first-order chi connectivity index (χ1) is 23.8. The van der Waals surface area contributed by atoms with Crippen molar-refractivity contribution in [2.45, 2.75) is 39.2 Å². The number of aliphatic imine (C=N–C) groups is 1. The van der Waals surface area contributed by atoms with E-state index < -0.39 is 5.97 Å². The Morgan fingerprint density at radius 2 is 0.735 bits per heavy atom. The minimum atomic E-state index is -1.20. The Morgan fingerprint density at radius 3 is 0.980 bits per heavy atom. The van der Waals surface area contributed by atoms with Gasteiger partial charge in [0.05, 0.1) is 39.6 Å². The van der Waals surface area contributed by atoms with Gasteiger partial charge in [-0.1, -0.05) is 47.0 Å². The molecule has 0 atom stereocenters. The SMILES string of the molecule is CN=C(O)c1c(Sc2ccc(OC)cc2)c(Sc2ccc(OC)cc2)c(Sc2ccc(OC)cc2)c(Sc2ccc(OC)cc2)c1C(=O)O. The van der Waals surface area contributed by atoms with Crippen LogP contribution in [0.25, 0.3) is 0 Å². The molecule has 0 aliphatic heterocycles. The lowest BCUT2D eigenvalue weighted by Gasteiger charge is -2.24. The first-order valence-electron chi connectivity index (χ1n) is 14.7. The zero-order valence-corrected chi connectivity index (χ0v) is 30.5. The molecule has 5 rings (SSSR count). The van der Waals surface area contributed by atoms with Crippen LogP contribution in [0, 0.1) is 0 Å². The van der Waals surface area contributed by atoms with E-state index in [9.17, 15) is 15.0 Å². The van der Waals surface area contributed by atoms with E-state index in [0.717, 1.165) is 24.5 Å². The number of methoxy groups -OCH3 is 4. The Balaban J connectivity index is 1.86. The molecule has 0 amide bonds. The van der Waals surface area contributed by atoms with Crippen molar-refractivity contribution in [3.05, 3.63) is 108 Å². The summed E-state index contributed by atoms with van der Waals surface area (Å²) >= 11 is 5.56. The van der Waals surface area contributed by atoms with Crippen LogP contribution in [0.5, 0.6) is 23.0 Å². The molecule has 0 unspecified atom stereocenters. The van der Waals surface area contributed by atoms with Crippen LogP contribution >= 0.6 is 47.0 Å². The average Bonchev–Trinajstić information content (AvgIpc) is 3.14. The molecule has 8 nitrogen and oxygen atoms in total. The van der Waals surface area contributed by atoms with E-state index in [4.69, 9.17) is 18.9 Å². The first-order valence-corrected chi connectivity index (χ1v) is 18.0. The van der Waals surface area contributed by atoms with Crippen molar-refractivity contribution in [1.29, 1.82) is 0 Å². The van der Waals surface area contributed by atoms with Crippen LogP contribution in [0.4, 0.5) is 0 Å². The molecule has 0 radical (unpaired) electrons. The summed E-state index contributed by atoms with van der Waals surface area (Å²) in [6.07, 6.45) is 0. The van der Waals surface area contributed by atoms with Gasteiger partial charge in [-0.3, -0.25) is 4.99 Å². The summed E-state index contributed by atoms with van der Waals surface area (Å²) in [6.45, 7) is 0. The van der Waals surface area contributed by atoms with E-state index in [1.165, 1.54) is 54.1 Å². The lowest BCUT2D eigenvalue weighted by molar-refractivity contribution is 0.0691. The molecule has 49 heavy (non-hydrogen) atoms. The Kier molecular flexibility index (Phi) is 12.4. The minimum Gasteiger partial charge on any atom is -0.497 e. The van der Waals surface area contributed by atoms with Crippen molar-refractivity contribution in [3.63, 3.8) is 0 Å². The summed E-state index contributed by atoms with van der Waals surface area (Å²) in [5.41, 5.74) is 0.0666. The van der Waals surface area contributed by atoms with E-state index >= 15 is 0 Å². The quantitative estimate of drug-likeness (QED) is 0.0842. The normalized spacial score (nSPS) is 11.2. The molecule has 0 saturated carbocycles. The number of hydrogen-bond donors (Lipinski definition) is 2. The predicted molar refractivity (Wildman–Crippen MR) is 197 cm³/mol. The molecule has 5 aromatic carbocycles. The van der Waals surface area contributed by atoms with Gasteiger partial charge in [-0.2, -0.15) is 0 Å². The summed E-state index contributed by atoms with van der Waals surface area (Å²) in [6, 6.07) is 30.1. The fourth-order valence-electron chi connectivity index (χ4n) is 4.62. The third kappa shape index (κ3) is 8.63. The molecule has 0 aliphatic carbocycles. The summed E-state index contributed by atoms with van der Waals surface area (Å²) in [5.74, 6) is 1.18. The summed E-state index contributed by atoms with van der Waals surface area (Å²) in [4.78, 5) is 23.3. The van der Waals surface area contributed by atoms with E-state index in [1.807, 2.05) is 97.1 Å². The maximum atomic E-state index is 13.4. The Labute approximate surface area is 302 Å². The van der Waals surface area contributed by atoms with Gasteiger partial charge in [0.25, 0.3) is 0 Å². The Morgan fingerprint density at radius 1 is 0.469 bits per heavy atom. The van der Waals surface area contributed by atoms with Gasteiger partial charge < -0.3 is 29.2 Å². The van der Waals surface area contributed by atoms with Crippen molar-refractivity contribution in [2.75, 3.05) is 35.5 Å². The second-order valence-corrected chi connectivity index (χ2v) is 14.4. The van der Waals surface area contributed by atoms with Crippen molar-refractivity contribution >= 4 is 58.9 Å². The Bertz CT molecular complexity index is 1930. The number of aromatic carboxylic acids is 1. The number of nitrogens with zero attached hydrogens (tertiary/aromatic N) is 1. The number of ether oxygens (including phenoxy) is 4. The molecule has 2 N–H and O–H groups in total. The number of aliphatic hydroxyl groups is 1.